The molecule has 64 valence electrons. The zero-order valence-corrected chi connectivity index (χ0v) is 7.07. The highest BCUT2D eigenvalue weighted by atomic mass is 16.5. The second-order valence-electron chi connectivity index (χ2n) is 2.46. The van der Waals surface area contributed by atoms with Crippen molar-refractivity contribution in [3.63, 3.8) is 0 Å². The van der Waals surface area contributed by atoms with Crippen LogP contribution in [0.5, 0.6) is 6.01 Å². The van der Waals surface area contributed by atoms with Crippen molar-refractivity contribution in [1.82, 2.24) is 9.97 Å². The number of nitrogens with zero attached hydrogens (tertiary/aromatic N) is 2. The molecule has 0 fully saturated rings. The van der Waals surface area contributed by atoms with E-state index in [0.717, 1.165) is 5.56 Å². The molecule has 0 radical (unpaired) electrons. The lowest BCUT2D eigenvalue weighted by Crippen LogP contribution is -1.99. The monoisotopic (exact) mass is 166 g/mol. The third-order valence-corrected chi connectivity index (χ3v) is 1.32. The summed E-state index contributed by atoms with van der Waals surface area (Å²) in [7, 11) is 1.50. The highest BCUT2D eigenvalue weighted by Gasteiger charge is 1.99. The molecule has 1 heterocycles. The Morgan fingerprint density at radius 1 is 1.50 bits per heavy atom. The van der Waals surface area contributed by atoms with Crippen LogP contribution in [-0.2, 0) is 11.2 Å². The van der Waals surface area contributed by atoms with Gasteiger partial charge in [0.2, 0.25) is 0 Å². The summed E-state index contributed by atoms with van der Waals surface area (Å²) < 4.78 is 4.77. The van der Waals surface area contributed by atoms with Crippen LogP contribution in [0.1, 0.15) is 12.5 Å². The standard InChI is InChI=1S/C8H10N2O2/c1-6(11)3-7-4-9-8(12-2)10-5-7/h4-5H,3H2,1-2H3. The molecule has 0 unspecified atom stereocenters. The molecule has 0 saturated carbocycles. The van der Waals surface area contributed by atoms with E-state index < -0.39 is 0 Å². The van der Waals surface area contributed by atoms with E-state index in [1.807, 2.05) is 0 Å². The minimum Gasteiger partial charge on any atom is -0.467 e. The number of hydrogen-bond acceptors (Lipinski definition) is 4. The summed E-state index contributed by atoms with van der Waals surface area (Å²) in [5.74, 6) is 0.101. The second kappa shape index (κ2) is 3.80. The van der Waals surface area contributed by atoms with Gasteiger partial charge in [0.1, 0.15) is 5.78 Å². The maximum Gasteiger partial charge on any atom is 0.316 e. The van der Waals surface area contributed by atoms with E-state index in [-0.39, 0.29) is 5.78 Å². The highest BCUT2D eigenvalue weighted by Crippen LogP contribution is 2.02. The maximum absolute atomic E-state index is 10.7. The first kappa shape index (κ1) is 8.64. The number of ether oxygens (including phenoxy) is 1. The van der Waals surface area contributed by atoms with Crippen molar-refractivity contribution in [1.29, 1.82) is 0 Å². The van der Waals surface area contributed by atoms with E-state index in [1.54, 1.807) is 12.4 Å². The number of ketones is 1. The average Bonchev–Trinajstić information content (AvgIpc) is 2.05. The van der Waals surface area contributed by atoms with Crippen molar-refractivity contribution < 1.29 is 9.53 Å². The molecular formula is C8H10N2O2. The Labute approximate surface area is 70.6 Å². The topological polar surface area (TPSA) is 52.1 Å². The zero-order valence-electron chi connectivity index (χ0n) is 7.07. The van der Waals surface area contributed by atoms with Gasteiger partial charge in [0, 0.05) is 18.8 Å². The molecule has 0 aliphatic rings. The van der Waals surface area contributed by atoms with E-state index in [2.05, 4.69) is 9.97 Å². The van der Waals surface area contributed by atoms with Gasteiger partial charge in [0.25, 0.3) is 0 Å². The fourth-order valence-electron chi connectivity index (χ4n) is 0.827. The SMILES string of the molecule is COc1ncc(CC(C)=O)cn1. The number of aromatic nitrogens is 2. The number of rotatable bonds is 3. The minimum absolute atomic E-state index is 0.101. The molecule has 1 aromatic rings. The molecule has 0 aromatic carbocycles. The molecule has 0 amide bonds. The zero-order chi connectivity index (χ0) is 8.97. The number of methoxy groups -OCH3 is 1. The Morgan fingerprint density at radius 2 is 2.08 bits per heavy atom. The van der Waals surface area contributed by atoms with Crippen LogP contribution in [0.25, 0.3) is 0 Å². The molecule has 12 heavy (non-hydrogen) atoms. The van der Waals surface area contributed by atoms with Crippen LogP contribution in [0.4, 0.5) is 0 Å². The predicted molar refractivity (Wildman–Crippen MR) is 43.0 cm³/mol. The van der Waals surface area contributed by atoms with Gasteiger partial charge in [-0.25, -0.2) is 9.97 Å². The smallest absolute Gasteiger partial charge is 0.316 e. The number of hydrogen-bond donors (Lipinski definition) is 0. The summed E-state index contributed by atoms with van der Waals surface area (Å²) in [5, 5.41) is 0. The molecule has 0 aliphatic heterocycles. The van der Waals surface area contributed by atoms with E-state index in [0.29, 0.717) is 12.4 Å². The van der Waals surface area contributed by atoms with Crippen LogP contribution in [-0.4, -0.2) is 22.9 Å². The molecule has 0 saturated heterocycles. The van der Waals surface area contributed by atoms with Gasteiger partial charge in [0.05, 0.1) is 7.11 Å². The Kier molecular flexibility index (Phi) is 2.74. The van der Waals surface area contributed by atoms with Crippen LogP contribution in [0.3, 0.4) is 0 Å². The van der Waals surface area contributed by atoms with Crippen molar-refractivity contribution in [2.24, 2.45) is 0 Å². The van der Waals surface area contributed by atoms with Gasteiger partial charge in [0.15, 0.2) is 0 Å². The van der Waals surface area contributed by atoms with Gasteiger partial charge < -0.3 is 4.74 Å². The Hall–Kier alpha value is -1.45. The van der Waals surface area contributed by atoms with Crippen LogP contribution in [0.15, 0.2) is 12.4 Å². The molecule has 1 rings (SSSR count). The molecule has 0 atom stereocenters. The van der Waals surface area contributed by atoms with Crippen molar-refractivity contribution in [3.05, 3.63) is 18.0 Å². The molecule has 0 N–H and O–H groups in total. The minimum atomic E-state index is 0.101. The summed E-state index contributed by atoms with van der Waals surface area (Å²) in [4.78, 5) is 18.4. The first-order valence-corrected chi connectivity index (χ1v) is 3.56. The maximum atomic E-state index is 10.7. The molecule has 4 nitrogen and oxygen atoms in total. The lowest BCUT2D eigenvalue weighted by molar-refractivity contribution is -0.116. The molecule has 4 heteroatoms. The van der Waals surface area contributed by atoms with Crippen LogP contribution < -0.4 is 4.74 Å². The van der Waals surface area contributed by atoms with Gasteiger partial charge in [-0.3, -0.25) is 4.79 Å². The second-order valence-corrected chi connectivity index (χ2v) is 2.46. The Balaban J connectivity index is 2.71. The number of carbonyl (C=O) groups is 1. The molecule has 0 spiro atoms. The Morgan fingerprint density at radius 3 is 2.50 bits per heavy atom. The van der Waals surface area contributed by atoms with Gasteiger partial charge >= 0.3 is 6.01 Å². The van der Waals surface area contributed by atoms with Crippen molar-refractivity contribution in [3.8, 4) is 6.01 Å². The van der Waals surface area contributed by atoms with Gasteiger partial charge in [-0.1, -0.05) is 0 Å². The van der Waals surface area contributed by atoms with Crippen LogP contribution >= 0.6 is 0 Å². The quantitative estimate of drug-likeness (QED) is 0.660. The lowest BCUT2D eigenvalue weighted by atomic mass is 10.2. The Bertz CT molecular complexity index is 269. The van der Waals surface area contributed by atoms with Gasteiger partial charge in [-0.2, -0.15) is 0 Å². The van der Waals surface area contributed by atoms with Crippen molar-refractivity contribution in [2.45, 2.75) is 13.3 Å². The summed E-state index contributed by atoms with van der Waals surface area (Å²) >= 11 is 0. The number of Topliss-reactive ketones (excluding diaryl/α,β-unsaturated/α-hetero) is 1. The summed E-state index contributed by atoms with van der Waals surface area (Å²) in [6.07, 6.45) is 3.56. The number of carbonyl (C=O) groups excluding carboxylic acids is 1. The van der Waals surface area contributed by atoms with Crippen molar-refractivity contribution >= 4 is 5.78 Å². The van der Waals surface area contributed by atoms with E-state index in [9.17, 15) is 4.79 Å². The lowest BCUT2D eigenvalue weighted by Gasteiger charge is -1.98. The molecule has 0 aliphatic carbocycles. The van der Waals surface area contributed by atoms with Gasteiger partial charge in [-0.15, -0.1) is 0 Å². The summed E-state index contributed by atoms with van der Waals surface area (Å²) in [6, 6.07) is 0.322. The van der Waals surface area contributed by atoms with Gasteiger partial charge in [-0.05, 0) is 12.5 Å². The molecule has 0 bridgehead atoms. The van der Waals surface area contributed by atoms with Crippen LogP contribution in [0.2, 0.25) is 0 Å². The fourth-order valence-corrected chi connectivity index (χ4v) is 0.827. The van der Waals surface area contributed by atoms with E-state index in [1.165, 1.54) is 14.0 Å². The van der Waals surface area contributed by atoms with Crippen molar-refractivity contribution in [2.75, 3.05) is 7.11 Å². The first-order chi connectivity index (χ1) is 5.72. The summed E-state index contributed by atoms with van der Waals surface area (Å²) in [6.45, 7) is 1.53. The summed E-state index contributed by atoms with van der Waals surface area (Å²) in [5.41, 5.74) is 0.809. The third kappa shape index (κ3) is 2.30. The first-order valence-electron chi connectivity index (χ1n) is 3.56. The average molecular weight is 166 g/mol. The molecule has 1 aromatic heterocycles. The normalized spacial score (nSPS) is 9.50. The fraction of sp³-hybridized carbons (Fsp3) is 0.375. The highest BCUT2D eigenvalue weighted by molar-refractivity contribution is 5.77. The van der Waals surface area contributed by atoms with E-state index >= 15 is 0 Å². The third-order valence-electron chi connectivity index (χ3n) is 1.32. The predicted octanol–water partition coefficient (Wildman–Crippen LogP) is 0.617. The van der Waals surface area contributed by atoms with E-state index in [4.69, 9.17) is 4.74 Å². The molecular weight excluding hydrogens is 156 g/mol. The largest absolute Gasteiger partial charge is 0.467 e. The van der Waals surface area contributed by atoms with Crippen LogP contribution in [0, 0.1) is 0 Å².